The fraction of sp³-hybridized carbons (Fsp3) is 0.929. The summed E-state index contributed by atoms with van der Waals surface area (Å²) in [5.41, 5.74) is -0.418. The van der Waals surface area contributed by atoms with Gasteiger partial charge in [0, 0.05) is 18.1 Å². The molecule has 0 bridgehead atoms. The smallest absolute Gasteiger partial charge is 0.407 e. The number of ether oxygens (including phenoxy) is 1. The molecule has 2 fully saturated rings. The molecule has 18 heavy (non-hydrogen) atoms. The molecule has 0 aliphatic heterocycles. The van der Waals surface area contributed by atoms with Crippen molar-refractivity contribution in [2.75, 3.05) is 0 Å². The van der Waals surface area contributed by atoms with Crippen molar-refractivity contribution in [3.8, 4) is 0 Å². The summed E-state index contributed by atoms with van der Waals surface area (Å²) in [5, 5.41) is 6.68. The second-order valence-electron chi connectivity index (χ2n) is 6.58. The first-order chi connectivity index (χ1) is 8.44. The van der Waals surface area contributed by atoms with Crippen molar-refractivity contribution in [3.05, 3.63) is 0 Å². The number of nitrogens with one attached hydrogen (secondary N) is 2. The maximum Gasteiger partial charge on any atom is 0.407 e. The van der Waals surface area contributed by atoms with Crippen LogP contribution in [-0.4, -0.2) is 29.8 Å². The summed E-state index contributed by atoms with van der Waals surface area (Å²) in [6, 6.07) is 1.35. The highest BCUT2D eigenvalue weighted by Crippen LogP contribution is 2.25. The third-order valence-corrected chi connectivity index (χ3v) is 3.50. The molecule has 2 aliphatic rings. The minimum Gasteiger partial charge on any atom is -0.444 e. The van der Waals surface area contributed by atoms with E-state index in [0.29, 0.717) is 12.1 Å². The van der Waals surface area contributed by atoms with Crippen molar-refractivity contribution in [1.29, 1.82) is 0 Å². The van der Waals surface area contributed by atoms with Crippen molar-refractivity contribution in [2.45, 2.75) is 83.0 Å². The van der Waals surface area contributed by atoms with Gasteiger partial charge in [0.1, 0.15) is 5.60 Å². The van der Waals surface area contributed by atoms with E-state index >= 15 is 0 Å². The molecular weight excluding hydrogens is 228 g/mol. The highest BCUT2D eigenvalue weighted by molar-refractivity contribution is 5.68. The van der Waals surface area contributed by atoms with Crippen LogP contribution in [0.15, 0.2) is 0 Å². The molecule has 0 spiro atoms. The lowest BCUT2D eigenvalue weighted by molar-refractivity contribution is 0.0479. The summed E-state index contributed by atoms with van der Waals surface area (Å²) in [4.78, 5) is 11.8. The molecule has 0 radical (unpaired) electrons. The van der Waals surface area contributed by atoms with Crippen LogP contribution in [0.5, 0.6) is 0 Å². The Morgan fingerprint density at radius 3 is 2.22 bits per heavy atom. The van der Waals surface area contributed by atoms with E-state index in [4.69, 9.17) is 4.74 Å². The summed E-state index contributed by atoms with van der Waals surface area (Å²) < 4.78 is 5.33. The van der Waals surface area contributed by atoms with Crippen molar-refractivity contribution in [1.82, 2.24) is 10.6 Å². The summed E-state index contributed by atoms with van der Waals surface area (Å²) in [5.74, 6) is 0. The maximum absolute atomic E-state index is 11.8. The Kier molecular flexibility index (Phi) is 4.15. The first-order valence-electron chi connectivity index (χ1n) is 7.19. The van der Waals surface area contributed by atoms with Gasteiger partial charge < -0.3 is 15.4 Å². The van der Waals surface area contributed by atoms with Gasteiger partial charge in [0.15, 0.2) is 0 Å². The predicted octanol–water partition coefficient (Wildman–Crippen LogP) is 2.57. The van der Waals surface area contributed by atoms with E-state index in [1.54, 1.807) is 0 Å². The van der Waals surface area contributed by atoms with E-state index < -0.39 is 5.60 Å². The van der Waals surface area contributed by atoms with Crippen LogP contribution in [0.3, 0.4) is 0 Å². The van der Waals surface area contributed by atoms with Crippen LogP contribution in [0.4, 0.5) is 4.79 Å². The number of hydrogen-bond donors (Lipinski definition) is 2. The van der Waals surface area contributed by atoms with Crippen LogP contribution in [0.1, 0.15) is 59.3 Å². The molecule has 4 nitrogen and oxygen atoms in total. The third-order valence-electron chi connectivity index (χ3n) is 3.50. The van der Waals surface area contributed by atoms with Gasteiger partial charge in [-0.3, -0.25) is 0 Å². The monoisotopic (exact) mass is 254 g/mol. The molecule has 2 rings (SSSR count). The second kappa shape index (κ2) is 5.47. The Morgan fingerprint density at radius 1 is 1.06 bits per heavy atom. The minimum atomic E-state index is -0.418. The quantitative estimate of drug-likeness (QED) is 0.814. The van der Waals surface area contributed by atoms with E-state index in [2.05, 4.69) is 10.6 Å². The molecule has 0 aromatic rings. The van der Waals surface area contributed by atoms with Gasteiger partial charge in [0.2, 0.25) is 0 Å². The lowest BCUT2D eigenvalue weighted by atomic mass is 9.90. The first-order valence-corrected chi connectivity index (χ1v) is 7.19. The predicted molar refractivity (Wildman–Crippen MR) is 71.6 cm³/mol. The Bertz CT molecular complexity index is 295. The van der Waals surface area contributed by atoms with Crippen LogP contribution >= 0.6 is 0 Å². The Hall–Kier alpha value is -0.770. The van der Waals surface area contributed by atoms with Crippen LogP contribution in [-0.2, 0) is 4.74 Å². The number of hydrogen-bond acceptors (Lipinski definition) is 3. The van der Waals surface area contributed by atoms with E-state index in [1.165, 1.54) is 25.7 Å². The third kappa shape index (κ3) is 4.48. The SMILES string of the molecule is CC(C)(C)OC(=O)NC1CCCCC1NC1CC1. The van der Waals surface area contributed by atoms with Gasteiger partial charge in [-0.1, -0.05) is 12.8 Å². The topological polar surface area (TPSA) is 50.4 Å². The Balaban J connectivity index is 1.82. The number of rotatable bonds is 3. The number of alkyl carbamates (subject to hydrolysis) is 1. The highest BCUT2D eigenvalue weighted by atomic mass is 16.6. The van der Waals surface area contributed by atoms with Gasteiger partial charge in [-0.25, -0.2) is 4.79 Å². The molecule has 2 saturated carbocycles. The number of amides is 1. The molecule has 4 heteroatoms. The lowest BCUT2D eigenvalue weighted by Gasteiger charge is -2.33. The normalized spacial score (nSPS) is 28.8. The zero-order valence-corrected chi connectivity index (χ0v) is 11.8. The Labute approximate surface area is 110 Å². The molecule has 0 aromatic carbocycles. The molecule has 2 atom stereocenters. The molecule has 104 valence electrons. The average Bonchev–Trinajstić information content (AvgIpc) is 3.02. The number of carbonyl (C=O) groups is 1. The molecular formula is C14H26N2O2. The fourth-order valence-corrected chi connectivity index (χ4v) is 2.51. The van der Waals surface area contributed by atoms with Gasteiger partial charge in [0.25, 0.3) is 0 Å². The zero-order chi connectivity index (χ0) is 13.2. The van der Waals surface area contributed by atoms with Crippen molar-refractivity contribution in [3.63, 3.8) is 0 Å². The summed E-state index contributed by atoms with van der Waals surface area (Å²) >= 11 is 0. The minimum absolute atomic E-state index is 0.231. The molecule has 1 amide bonds. The zero-order valence-electron chi connectivity index (χ0n) is 11.8. The Morgan fingerprint density at radius 2 is 1.67 bits per heavy atom. The van der Waals surface area contributed by atoms with E-state index in [-0.39, 0.29) is 12.1 Å². The second-order valence-corrected chi connectivity index (χ2v) is 6.58. The van der Waals surface area contributed by atoms with E-state index in [0.717, 1.165) is 12.8 Å². The average molecular weight is 254 g/mol. The lowest BCUT2D eigenvalue weighted by Crippen LogP contribution is -2.53. The molecule has 0 heterocycles. The maximum atomic E-state index is 11.8. The summed E-state index contributed by atoms with van der Waals surface area (Å²) in [6.45, 7) is 5.69. The summed E-state index contributed by atoms with van der Waals surface area (Å²) in [6.07, 6.45) is 6.98. The van der Waals surface area contributed by atoms with Crippen LogP contribution in [0.25, 0.3) is 0 Å². The number of carbonyl (C=O) groups excluding carboxylic acids is 1. The molecule has 0 saturated heterocycles. The van der Waals surface area contributed by atoms with Gasteiger partial charge in [-0.15, -0.1) is 0 Å². The van der Waals surface area contributed by atoms with E-state index in [1.807, 2.05) is 20.8 Å². The molecule has 2 N–H and O–H groups in total. The van der Waals surface area contributed by atoms with Gasteiger partial charge in [-0.05, 0) is 46.5 Å². The van der Waals surface area contributed by atoms with Crippen molar-refractivity contribution in [2.24, 2.45) is 0 Å². The largest absolute Gasteiger partial charge is 0.444 e. The van der Waals surface area contributed by atoms with Crippen LogP contribution in [0.2, 0.25) is 0 Å². The summed E-state index contributed by atoms with van der Waals surface area (Å²) in [7, 11) is 0. The first kappa shape index (κ1) is 13.7. The van der Waals surface area contributed by atoms with Gasteiger partial charge in [-0.2, -0.15) is 0 Å². The standard InChI is InChI=1S/C14H26N2O2/c1-14(2,3)18-13(17)16-12-7-5-4-6-11(12)15-10-8-9-10/h10-12,15H,4-9H2,1-3H3,(H,16,17). The highest BCUT2D eigenvalue weighted by Gasteiger charge is 2.32. The van der Waals surface area contributed by atoms with Gasteiger partial charge in [0.05, 0.1) is 0 Å². The van der Waals surface area contributed by atoms with Crippen LogP contribution in [0, 0.1) is 0 Å². The molecule has 0 aromatic heterocycles. The van der Waals surface area contributed by atoms with Crippen molar-refractivity contribution < 1.29 is 9.53 Å². The molecule has 2 unspecified atom stereocenters. The van der Waals surface area contributed by atoms with Gasteiger partial charge >= 0.3 is 6.09 Å². The fourth-order valence-electron chi connectivity index (χ4n) is 2.51. The van der Waals surface area contributed by atoms with E-state index in [9.17, 15) is 4.79 Å². The van der Waals surface area contributed by atoms with Crippen molar-refractivity contribution >= 4 is 6.09 Å². The van der Waals surface area contributed by atoms with Crippen LogP contribution < -0.4 is 10.6 Å². The molecule has 2 aliphatic carbocycles.